The summed E-state index contributed by atoms with van der Waals surface area (Å²) in [7, 11) is 0. The fraction of sp³-hybridized carbons (Fsp3) is 0.500. The topological polar surface area (TPSA) is 57.6 Å². The van der Waals surface area contributed by atoms with Crippen molar-refractivity contribution >= 4 is 11.9 Å². The summed E-state index contributed by atoms with van der Waals surface area (Å²) < 4.78 is 0. The first-order valence-electron chi connectivity index (χ1n) is 7.09. The number of amides is 1. The number of carbonyl (C=O) groups excluding carboxylic acids is 1. The molecule has 1 saturated heterocycles. The lowest BCUT2D eigenvalue weighted by Crippen LogP contribution is -2.51. The zero-order valence-electron chi connectivity index (χ0n) is 12.0. The first-order valence-corrected chi connectivity index (χ1v) is 7.09. The summed E-state index contributed by atoms with van der Waals surface area (Å²) >= 11 is 0. The quantitative estimate of drug-likeness (QED) is 0.922. The Morgan fingerprint density at radius 3 is 2.55 bits per heavy atom. The number of hydrogen-bond donors (Lipinski definition) is 1. The summed E-state index contributed by atoms with van der Waals surface area (Å²) in [5.41, 5.74) is 0.931. The van der Waals surface area contributed by atoms with Crippen LogP contribution in [0.15, 0.2) is 30.3 Å². The molecule has 20 heavy (non-hydrogen) atoms. The molecule has 1 N–H and O–H groups in total. The zero-order valence-corrected chi connectivity index (χ0v) is 12.0. The number of hydrogen-bond acceptors (Lipinski definition) is 2. The molecule has 2 rings (SSSR count). The number of nitrogens with zero attached hydrogens (tertiary/aromatic N) is 1. The number of likely N-dealkylation sites (tertiary alicyclic amines) is 1. The number of carbonyl (C=O) groups is 2. The molecule has 0 radical (unpaired) electrons. The first kappa shape index (κ1) is 14.6. The van der Waals surface area contributed by atoms with Gasteiger partial charge in [0.25, 0.3) is 0 Å². The maximum Gasteiger partial charge on any atom is 0.326 e. The van der Waals surface area contributed by atoms with E-state index in [2.05, 4.69) is 0 Å². The van der Waals surface area contributed by atoms with Crippen LogP contribution in [0.25, 0.3) is 0 Å². The van der Waals surface area contributed by atoms with Crippen LogP contribution >= 0.6 is 0 Å². The van der Waals surface area contributed by atoms with Crippen molar-refractivity contribution in [3.63, 3.8) is 0 Å². The standard InChI is InChI=1S/C16H21NO3/c1-11-8-9-17(14(10-11)16(19)20)15(18)12(2)13-6-4-3-5-7-13/h3-7,11-12,14H,8-10H2,1-2H3,(H,19,20). The van der Waals surface area contributed by atoms with Crippen molar-refractivity contribution in [2.75, 3.05) is 6.54 Å². The smallest absolute Gasteiger partial charge is 0.326 e. The Morgan fingerprint density at radius 1 is 1.30 bits per heavy atom. The lowest BCUT2D eigenvalue weighted by Gasteiger charge is -2.37. The molecule has 4 heteroatoms. The minimum atomic E-state index is -0.898. The van der Waals surface area contributed by atoms with Crippen LogP contribution in [0.4, 0.5) is 0 Å². The SMILES string of the molecule is CC1CCN(C(=O)C(C)c2ccccc2)C(C(=O)O)C1. The highest BCUT2D eigenvalue weighted by atomic mass is 16.4. The van der Waals surface area contributed by atoms with Gasteiger partial charge in [-0.2, -0.15) is 0 Å². The van der Waals surface area contributed by atoms with Gasteiger partial charge in [0.05, 0.1) is 5.92 Å². The molecular formula is C16H21NO3. The number of benzene rings is 1. The molecule has 0 spiro atoms. The number of rotatable bonds is 3. The molecule has 108 valence electrons. The van der Waals surface area contributed by atoms with E-state index in [0.717, 1.165) is 12.0 Å². The van der Waals surface area contributed by atoms with Crippen molar-refractivity contribution in [3.8, 4) is 0 Å². The average Bonchev–Trinajstić information content (AvgIpc) is 2.46. The second kappa shape index (κ2) is 6.07. The van der Waals surface area contributed by atoms with Crippen LogP contribution in [0.3, 0.4) is 0 Å². The van der Waals surface area contributed by atoms with Crippen molar-refractivity contribution in [1.29, 1.82) is 0 Å². The van der Waals surface area contributed by atoms with Gasteiger partial charge in [-0.3, -0.25) is 4.79 Å². The van der Waals surface area contributed by atoms with E-state index in [1.807, 2.05) is 44.2 Å². The van der Waals surface area contributed by atoms with E-state index >= 15 is 0 Å². The largest absolute Gasteiger partial charge is 0.480 e. The second-order valence-corrected chi connectivity index (χ2v) is 5.65. The molecule has 1 aliphatic heterocycles. The maximum atomic E-state index is 12.6. The van der Waals surface area contributed by atoms with Crippen LogP contribution in [0, 0.1) is 5.92 Å². The highest BCUT2D eigenvalue weighted by Gasteiger charge is 2.36. The lowest BCUT2D eigenvalue weighted by atomic mass is 9.90. The van der Waals surface area contributed by atoms with Crippen LogP contribution in [0.1, 0.15) is 38.2 Å². The molecule has 4 nitrogen and oxygen atoms in total. The molecule has 1 aliphatic rings. The van der Waals surface area contributed by atoms with E-state index in [4.69, 9.17) is 0 Å². The predicted octanol–water partition coefficient (Wildman–Crippen LogP) is 2.50. The molecule has 0 bridgehead atoms. The van der Waals surface area contributed by atoms with Gasteiger partial charge in [0.1, 0.15) is 6.04 Å². The van der Waals surface area contributed by atoms with Gasteiger partial charge in [-0.1, -0.05) is 37.3 Å². The van der Waals surface area contributed by atoms with Gasteiger partial charge < -0.3 is 10.0 Å². The van der Waals surface area contributed by atoms with E-state index in [1.165, 1.54) is 0 Å². The molecule has 1 aromatic carbocycles. The van der Waals surface area contributed by atoms with Crippen molar-refractivity contribution in [1.82, 2.24) is 4.90 Å². The minimum Gasteiger partial charge on any atom is -0.480 e. The van der Waals surface area contributed by atoms with Gasteiger partial charge in [0.2, 0.25) is 5.91 Å². The molecule has 0 aromatic heterocycles. The Kier molecular flexibility index (Phi) is 4.42. The number of aliphatic carboxylic acids is 1. The molecule has 0 saturated carbocycles. The summed E-state index contributed by atoms with van der Waals surface area (Å²) in [6, 6.07) is 8.83. The third kappa shape index (κ3) is 3.00. The van der Waals surface area contributed by atoms with Crippen LogP contribution in [-0.4, -0.2) is 34.5 Å². The van der Waals surface area contributed by atoms with Crippen molar-refractivity contribution < 1.29 is 14.7 Å². The zero-order chi connectivity index (χ0) is 14.7. The highest BCUT2D eigenvalue weighted by Crippen LogP contribution is 2.27. The summed E-state index contributed by atoms with van der Waals surface area (Å²) in [5.74, 6) is -0.931. The fourth-order valence-corrected chi connectivity index (χ4v) is 2.77. The highest BCUT2D eigenvalue weighted by molar-refractivity contribution is 5.88. The van der Waals surface area contributed by atoms with Gasteiger partial charge in [-0.25, -0.2) is 4.79 Å². The third-order valence-corrected chi connectivity index (χ3v) is 4.10. The number of piperidine rings is 1. The molecule has 1 heterocycles. The molecule has 0 aliphatic carbocycles. The Bertz CT molecular complexity index is 486. The average molecular weight is 275 g/mol. The van der Waals surface area contributed by atoms with E-state index in [0.29, 0.717) is 18.9 Å². The normalized spacial score (nSPS) is 24.2. The third-order valence-electron chi connectivity index (χ3n) is 4.10. The number of carboxylic acids is 1. The number of carboxylic acid groups (broad SMARTS) is 1. The maximum absolute atomic E-state index is 12.6. The molecule has 1 aromatic rings. The lowest BCUT2D eigenvalue weighted by molar-refractivity contribution is -0.153. The van der Waals surface area contributed by atoms with Crippen LogP contribution in [-0.2, 0) is 9.59 Å². The summed E-state index contributed by atoms with van der Waals surface area (Å²) in [6.45, 7) is 4.42. The summed E-state index contributed by atoms with van der Waals surface area (Å²) in [4.78, 5) is 25.5. The Labute approximate surface area is 119 Å². The van der Waals surface area contributed by atoms with Crippen molar-refractivity contribution in [2.24, 2.45) is 5.92 Å². The fourth-order valence-electron chi connectivity index (χ4n) is 2.77. The second-order valence-electron chi connectivity index (χ2n) is 5.65. The first-order chi connectivity index (χ1) is 9.50. The van der Waals surface area contributed by atoms with E-state index in [-0.39, 0.29) is 11.8 Å². The van der Waals surface area contributed by atoms with Gasteiger partial charge in [0, 0.05) is 6.54 Å². The van der Waals surface area contributed by atoms with Crippen molar-refractivity contribution in [3.05, 3.63) is 35.9 Å². The summed E-state index contributed by atoms with van der Waals surface area (Å²) in [5, 5.41) is 9.33. The van der Waals surface area contributed by atoms with Crippen molar-refractivity contribution in [2.45, 2.75) is 38.6 Å². The van der Waals surface area contributed by atoms with Crippen LogP contribution in [0.5, 0.6) is 0 Å². The molecule has 1 fully saturated rings. The molecule has 3 atom stereocenters. The molecular weight excluding hydrogens is 254 g/mol. The monoisotopic (exact) mass is 275 g/mol. The minimum absolute atomic E-state index is 0.0875. The Balaban J connectivity index is 2.16. The van der Waals surface area contributed by atoms with E-state index < -0.39 is 12.0 Å². The molecule has 3 unspecified atom stereocenters. The predicted molar refractivity (Wildman–Crippen MR) is 76.4 cm³/mol. The van der Waals surface area contributed by atoms with E-state index in [1.54, 1.807) is 4.90 Å². The van der Waals surface area contributed by atoms with Gasteiger partial charge >= 0.3 is 5.97 Å². The Hall–Kier alpha value is -1.84. The molecule has 1 amide bonds. The summed E-state index contributed by atoms with van der Waals surface area (Å²) in [6.07, 6.45) is 1.42. The van der Waals surface area contributed by atoms with Crippen LogP contribution < -0.4 is 0 Å². The Morgan fingerprint density at radius 2 is 1.95 bits per heavy atom. The van der Waals surface area contributed by atoms with E-state index in [9.17, 15) is 14.7 Å². The van der Waals surface area contributed by atoms with Crippen LogP contribution in [0.2, 0.25) is 0 Å². The van der Waals surface area contributed by atoms with Gasteiger partial charge in [-0.15, -0.1) is 0 Å². The van der Waals surface area contributed by atoms with Gasteiger partial charge in [-0.05, 0) is 31.2 Å². The van der Waals surface area contributed by atoms with Gasteiger partial charge in [0.15, 0.2) is 0 Å².